The number of aromatic nitrogens is 2. The van der Waals surface area contributed by atoms with Crippen LogP contribution in [0.2, 0.25) is 0 Å². The van der Waals surface area contributed by atoms with Gasteiger partial charge in [0.25, 0.3) is 0 Å². The lowest BCUT2D eigenvalue weighted by molar-refractivity contribution is 0.823. The molecule has 0 fully saturated rings. The van der Waals surface area contributed by atoms with Crippen LogP contribution in [0.1, 0.15) is 24.4 Å². The molecule has 1 aromatic carbocycles. The van der Waals surface area contributed by atoms with Crippen molar-refractivity contribution in [2.75, 3.05) is 0 Å². The van der Waals surface area contributed by atoms with Gasteiger partial charge >= 0.3 is 0 Å². The molecule has 3 heteroatoms. The molecule has 80 valence electrons. The predicted molar refractivity (Wildman–Crippen MR) is 64.5 cm³/mol. The highest BCUT2D eigenvalue weighted by Crippen LogP contribution is 2.14. The molecule has 2 rings (SSSR count). The summed E-state index contributed by atoms with van der Waals surface area (Å²) in [6.45, 7) is 2.05. The fraction of sp³-hybridized carbons (Fsp3) is 0.154. The quantitative estimate of drug-likeness (QED) is 0.732. The van der Waals surface area contributed by atoms with Crippen molar-refractivity contribution in [3.8, 4) is 0 Å². The number of hydrogen-bond acceptors (Lipinski definition) is 3. The molecule has 0 spiro atoms. The normalized spacial score (nSPS) is 12.8. The summed E-state index contributed by atoms with van der Waals surface area (Å²) in [5, 5.41) is 0. The molecule has 1 atom stereocenters. The van der Waals surface area contributed by atoms with Gasteiger partial charge in [0.15, 0.2) is 5.82 Å². The third kappa shape index (κ3) is 2.73. The molecule has 3 nitrogen and oxygen atoms in total. The Kier molecular flexibility index (Phi) is 3.38. The van der Waals surface area contributed by atoms with E-state index in [2.05, 4.69) is 34.0 Å². The molecule has 0 aliphatic heterocycles. The second-order valence-corrected chi connectivity index (χ2v) is 3.47. The molecule has 0 saturated carbocycles. The smallest absolute Gasteiger partial charge is 0.170 e. The molecule has 0 radical (unpaired) electrons. The van der Waals surface area contributed by atoms with E-state index in [1.165, 1.54) is 5.56 Å². The fourth-order valence-corrected chi connectivity index (χ4v) is 1.37. The van der Waals surface area contributed by atoms with Crippen LogP contribution in [0.5, 0.6) is 0 Å². The van der Waals surface area contributed by atoms with Crippen molar-refractivity contribution >= 4 is 6.21 Å². The number of rotatable bonds is 3. The lowest BCUT2D eigenvalue weighted by Crippen LogP contribution is -1.94. The average Bonchev–Trinajstić information content (AvgIpc) is 2.38. The van der Waals surface area contributed by atoms with Crippen LogP contribution in [-0.2, 0) is 0 Å². The first-order valence-corrected chi connectivity index (χ1v) is 5.21. The van der Waals surface area contributed by atoms with Crippen LogP contribution < -0.4 is 0 Å². The van der Waals surface area contributed by atoms with Gasteiger partial charge in [-0.1, -0.05) is 30.3 Å². The molecule has 0 N–H and O–H groups in total. The van der Waals surface area contributed by atoms with E-state index in [4.69, 9.17) is 0 Å². The Morgan fingerprint density at radius 2 is 1.75 bits per heavy atom. The van der Waals surface area contributed by atoms with Gasteiger partial charge in [-0.2, -0.15) is 0 Å². The molecule has 0 aliphatic carbocycles. The highest BCUT2D eigenvalue weighted by atomic mass is 14.9. The van der Waals surface area contributed by atoms with Crippen molar-refractivity contribution in [2.24, 2.45) is 4.99 Å². The first-order chi connectivity index (χ1) is 7.86. The summed E-state index contributed by atoms with van der Waals surface area (Å²) < 4.78 is 0. The minimum absolute atomic E-state index is 0.130. The number of aliphatic imine (C=N–C) groups is 1. The van der Waals surface area contributed by atoms with Crippen molar-refractivity contribution in [1.82, 2.24) is 9.97 Å². The minimum atomic E-state index is 0.130. The summed E-state index contributed by atoms with van der Waals surface area (Å²) >= 11 is 0. The summed E-state index contributed by atoms with van der Waals surface area (Å²) in [5.41, 5.74) is 1.19. The van der Waals surface area contributed by atoms with E-state index in [-0.39, 0.29) is 6.04 Å². The summed E-state index contributed by atoms with van der Waals surface area (Å²) in [5.74, 6) is 0.644. The van der Waals surface area contributed by atoms with Gasteiger partial charge in [0.2, 0.25) is 0 Å². The van der Waals surface area contributed by atoms with E-state index < -0.39 is 0 Å². The zero-order valence-corrected chi connectivity index (χ0v) is 9.12. The highest BCUT2D eigenvalue weighted by Gasteiger charge is 2.00. The van der Waals surface area contributed by atoms with Gasteiger partial charge in [0.1, 0.15) is 0 Å². The van der Waals surface area contributed by atoms with Crippen molar-refractivity contribution in [2.45, 2.75) is 13.0 Å². The van der Waals surface area contributed by atoms with Gasteiger partial charge in [0.05, 0.1) is 12.3 Å². The minimum Gasteiger partial charge on any atom is -0.281 e. The Morgan fingerprint density at radius 1 is 1.06 bits per heavy atom. The predicted octanol–water partition coefficient (Wildman–Crippen LogP) is 2.66. The number of benzene rings is 1. The van der Waals surface area contributed by atoms with Crippen molar-refractivity contribution in [1.29, 1.82) is 0 Å². The molecule has 1 heterocycles. The van der Waals surface area contributed by atoms with Crippen LogP contribution in [0.25, 0.3) is 0 Å². The van der Waals surface area contributed by atoms with Gasteiger partial charge in [-0.25, -0.2) is 9.97 Å². The Labute approximate surface area is 94.9 Å². The van der Waals surface area contributed by atoms with Gasteiger partial charge in [-0.05, 0) is 18.6 Å². The van der Waals surface area contributed by atoms with Crippen LogP contribution in [-0.4, -0.2) is 16.2 Å². The molecule has 0 bridgehead atoms. The second kappa shape index (κ2) is 5.16. The average molecular weight is 211 g/mol. The zero-order chi connectivity index (χ0) is 11.2. The standard InChI is InChI=1S/C13H13N3/c1-11(12-6-3-2-4-7-12)16-10-13-14-8-5-9-15-13/h2-11H,1H3. The maximum absolute atomic E-state index is 4.41. The Hall–Kier alpha value is -2.03. The third-order valence-electron chi connectivity index (χ3n) is 2.28. The lowest BCUT2D eigenvalue weighted by atomic mass is 10.1. The van der Waals surface area contributed by atoms with Crippen LogP contribution >= 0.6 is 0 Å². The van der Waals surface area contributed by atoms with Crippen LogP contribution in [0, 0.1) is 0 Å². The van der Waals surface area contributed by atoms with Crippen LogP contribution in [0.4, 0.5) is 0 Å². The first kappa shape index (κ1) is 10.5. The Balaban J connectivity index is 2.08. The molecule has 0 saturated heterocycles. The van der Waals surface area contributed by atoms with E-state index in [0.29, 0.717) is 5.82 Å². The maximum Gasteiger partial charge on any atom is 0.170 e. The van der Waals surface area contributed by atoms with E-state index in [1.54, 1.807) is 24.7 Å². The van der Waals surface area contributed by atoms with Crippen LogP contribution in [0.3, 0.4) is 0 Å². The molecular formula is C13H13N3. The topological polar surface area (TPSA) is 38.1 Å². The summed E-state index contributed by atoms with van der Waals surface area (Å²) in [7, 11) is 0. The number of nitrogens with zero attached hydrogens (tertiary/aromatic N) is 3. The highest BCUT2D eigenvalue weighted by molar-refractivity contribution is 5.74. The van der Waals surface area contributed by atoms with Gasteiger partial charge in [-0.3, -0.25) is 4.99 Å². The summed E-state index contributed by atoms with van der Waals surface area (Å²) in [4.78, 5) is 12.6. The number of hydrogen-bond donors (Lipinski definition) is 0. The maximum atomic E-state index is 4.41. The van der Waals surface area contributed by atoms with E-state index >= 15 is 0 Å². The van der Waals surface area contributed by atoms with Gasteiger partial charge in [0, 0.05) is 12.4 Å². The Bertz CT molecular complexity index is 451. The van der Waals surface area contributed by atoms with E-state index in [1.807, 2.05) is 18.2 Å². The summed E-state index contributed by atoms with van der Waals surface area (Å²) in [6, 6.07) is 12.1. The van der Waals surface area contributed by atoms with Crippen molar-refractivity contribution in [3.63, 3.8) is 0 Å². The fourth-order valence-electron chi connectivity index (χ4n) is 1.37. The zero-order valence-electron chi connectivity index (χ0n) is 9.12. The second-order valence-electron chi connectivity index (χ2n) is 3.47. The van der Waals surface area contributed by atoms with Crippen LogP contribution in [0.15, 0.2) is 53.8 Å². The molecule has 1 unspecified atom stereocenters. The van der Waals surface area contributed by atoms with Gasteiger partial charge < -0.3 is 0 Å². The Morgan fingerprint density at radius 3 is 2.44 bits per heavy atom. The van der Waals surface area contributed by atoms with E-state index in [9.17, 15) is 0 Å². The molecule has 0 aliphatic rings. The molecular weight excluding hydrogens is 198 g/mol. The van der Waals surface area contributed by atoms with E-state index in [0.717, 1.165) is 0 Å². The monoisotopic (exact) mass is 211 g/mol. The molecule has 2 aromatic rings. The van der Waals surface area contributed by atoms with Crippen molar-refractivity contribution < 1.29 is 0 Å². The molecule has 1 aromatic heterocycles. The first-order valence-electron chi connectivity index (χ1n) is 5.21. The molecule has 0 amide bonds. The largest absolute Gasteiger partial charge is 0.281 e. The third-order valence-corrected chi connectivity index (χ3v) is 2.28. The SMILES string of the molecule is CC(N=Cc1ncccn1)c1ccccc1. The lowest BCUT2D eigenvalue weighted by Gasteiger charge is -2.04. The molecule has 16 heavy (non-hydrogen) atoms. The summed E-state index contributed by atoms with van der Waals surface area (Å²) in [6.07, 6.45) is 5.13. The van der Waals surface area contributed by atoms with Crippen molar-refractivity contribution in [3.05, 3.63) is 60.2 Å². The van der Waals surface area contributed by atoms with Gasteiger partial charge in [-0.15, -0.1) is 0 Å².